The molecule has 4 aliphatic rings. The van der Waals surface area contributed by atoms with Crippen molar-refractivity contribution in [2.75, 3.05) is 31.1 Å². The number of likely N-dealkylation sites (tertiary alicyclic amines) is 1. The molecule has 0 radical (unpaired) electrons. The number of anilines is 1. The number of hydrogen-bond donors (Lipinski definition) is 1. The topological polar surface area (TPSA) is 90.4 Å². The predicted octanol–water partition coefficient (Wildman–Crippen LogP) is 2.15. The van der Waals surface area contributed by atoms with Gasteiger partial charge in [-0.3, -0.25) is 14.4 Å². The summed E-state index contributed by atoms with van der Waals surface area (Å²) in [6.07, 6.45) is 7.48. The highest BCUT2D eigenvalue weighted by Crippen LogP contribution is 2.57. The van der Waals surface area contributed by atoms with E-state index in [2.05, 4.69) is 0 Å². The Morgan fingerprint density at radius 3 is 2.26 bits per heavy atom. The number of benzene rings is 2. The van der Waals surface area contributed by atoms with Crippen molar-refractivity contribution in [3.05, 3.63) is 90.5 Å². The van der Waals surface area contributed by atoms with Gasteiger partial charge in [0.1, 0.15) is 11.6 Å². The first-order chi connectivity index (χ1) is 18.4. The maximum absolute atomic E-state index is 14.2. The number of carbonyl (C=O) groups is 3. The molecule has 1 spiro atoms. The van der Waals surface area contributed by atoms with Gasteiger partial charge in [0.2, 0.25) is 17.7 Å². The van der Waals surface area contributed by atoms with Crippen molar-refractivity contribution in [2.24, 2.45) is 11.8 Å². The minimum absolute atomic E-state index is 0.0142. The summed E-state index contributed by atoms with van der Waals surface area (Å²) in [5.41, 5.74) is -0.693. The number of fused-ring (bicyclic) bond motifs is 2. The Bertz CT molecular complexity index is 1310. The fraction of sp³-hybridized carbons (Fsp3) is 0.367. The monoisotopic (exact) mass is 513 g/mol. The molecule has 0 aromatic heterocycles. The third-order valence-corrected chi connectivity index (χ3v) is 8.27. The zero-order valence-electron chi connectivity index (χ0n) is 21.3. The number of aliphatic hydroxyl groups excluding tert-OH is 1. The van der Waals surface area contributed by atoms with E-state index in [4.69, 9.17) is 4.74 Å². The highest BCUT2D eigenvalue weighted by atomic mass is 16.5. The van der Waals surface area contributed by atoms with E-state index in [1.54, 1.807) is 9.80 Å². The van der Waals surface area contributed by atoms with Gasteiger partial charge in [-0.15, -0.1) is 0 Å². The van der Waals surface area contributed by atoms with Crippen molar-refractivity contribution < 1.29 is 24.2 Å². The molecule has 4 heterocycles. The molecule has 0 aliphatic carbocycles. The summed E-state index contributed by atoms with van der Waals surface area (Å²) >= 11 is 0. The third kappa shape index (κ3) is 3.62. The second-order valence-corrected chi connectivity index (χ2v) is 10.5. The van der Waals surface area contributed by atoms with Gasteiger partial charge in [-0.1, -0.05) is 72.8 Å². The van der Waals surface area contributed by atoms with E-state index in [0.717, 1.165) is 11.3 Å². The van der Waals surface area contributed by atoms with Crippen molar-refractivity contribution in [3.63, 3.8) is 0 Å². The van der Waals surface area contributed by atoms with Crippen molar-refractivity contribution in [1.82, 2.24) is 9.80 Å². The van der Waals surface area contributed by atoms with E-state index >= 15 is 0 Å². The van der Waals surface area contributed by atoms with E-state index in [1.165, 1.54) is 4.90 Å². The number of para-hydroxylation sites is 1. The number of ether oxygens (including phenoxy) is 1. The number of β-amino-alcohol motifs (C(OH)–C–C–N with tert-alkyl or cyclic N) is 1. The summed E-state index contributed by atoms with van der Waals surface area (Å²) in [5, 5.41) is 9.86. The highest BCUT2D eigenvalue weighted by molar-refractivity contribution is 6.04. The minimum Gasteiger partial charge on any atom is -0.395 e. The molecule has 0 bridgehead atoms. The van der Waals surface area contributed by atoms with Crippen LogP contribution in [0.25, 0.3) is 0 Å². The zero-order chi connectivity index (χ0) is 26.5. The van der Waals surface area contributed by atoms with Crippen LogP contribution in [0, 0.1) is 11.8 Å². The van der Waals surface area contributed by atoms with Gasteiger partial charge in [0, 0.05) is 31.9 Å². The van der Waals surface area contributed by atoms with Crippen LogP contribution in [0.3, 0.4) is 0 Å². The lowest BCUT2D eigenvalue weighted by Gasteiger charge is -2.37. The molecule has 196 valence electrons. The van der Waals surface area contributed by atoms with Gasteiger partial charge in [0.15, 0.2) is 0 Å². The van der Waals surface area contributed by atoms with Crippen molar-refractivity contribution in [2.45, 2.75) is 30.7 Å². The molecule has 8 heteroatoms. The lowest BCUT2D eigenvalue weighted by molar-refractivity contribution is -0.151. The second-order valence-electron chi connectivity index (χ2n) is 10.5. The van der Waals surface area contributed by atoms with E-state index < -0.39 is 29.1 Å². The smallest absolute Gasteiger partial charge is 0.249 e. The fourth-order valence-electron chi connectivity index (χ4n) is 6.70. The summed E-state index contributed by atoms with van der Waals surface area (Å²) in [5.74, 6) is -2.54. The molecule has 0 saturated carbocycles. The zero-order valence-corrected chi connectivity index (χ0v) is 21.3. The molecule has 2 aromatic rings. The number of rotatable bonds is 5. The number of nitrogens with zero attached hydrogens (tertiary/aromatic N) is 3. The molecule has 4 aliphatic heterocycles. The lowest BCUT2D eigenvalue weighted by atomic mass is 9.74. The van der Waals surface area contributed by atoms with Crippen LogP contribution < -0.4 is 4.90 Å². The molecule has 8 nitrogen and oxygen atoms in total. The van der Waals surface area contributed by atoms with Crippen LogP contribution in [0.4, 0.5) is 5.69 Å². The molecule has 1 N–H and O–H groups in total. The Kier molecular flexibility index (Phi) is 5.96. The lowest BCUT2D eigenvalue weighted by Crippen LogP contribution is -2.56. The maximum Gasteiger partial charge on any atom is 0.249 e. The van der Waals surface area contributed by atoms with Crippen LogP contribution in [-0.2, 0) is 25.7 Å². The molecule has 6 rings (SSSR count). The first-order valence-corrected chi connectivity index (χ1v) is 13.1. The van der Waals surface area contributed by atoms with Crippen LogP contribution in [0.15, 0.2) is 85.0 Å². The van der Waals surface area contributed by atoms with Gasteiger partial charge in [-0.25, -0.2) is 0 Å². The Morgan fingerprint density at radius 2 is 1.55 bits per heavy atom. The minimum atomic E-state index is -1.33. The quantitative estimate of drug-likeness (QED) is 0.619. The van der Waals surface area contributed by atoms with Crippen LogP contribution in [0.1, 0.15) is 12.5 Å². The number of amides is 3. The normalized spacial score (nSPS) is 32.2. The van der Waals surface area contributed by atoms with Gasteiger partial charge in [-0.05, 0) is 24.6 Å². The summed E-state index contributed by atoms with van der Waals surface area (Å²) in [4.78, 5) is 47.3. The standard InChI is InChI=1S/C30H31N3O5/c1-29-14-8-17-32(22-12-6-3-7-13-22)26(35)23(29)24-27(36)33(18-19-34)25-28(37)31(16-9-15-30(24,25)38-29)20-21-10-4-2-5-11-21/h2-15,23-25,34H,16-20H2,1H3/t23-,24-,25?,29+,30-/m0/s1. The molecule has 2 fully saturated rings. The van der Waals surface area contributed by atoms with Crippen LogP contribution in [-0.4, -0.2) is 76.1 Å². The second kappa shape index (κ2) is 9.22. The third-order valence-electron chi connectivity index (χ3n) is 8.27. The van der Waals surface area contributed by atoms with Crippen molar-refractivity contribution >= 4 is 23.4 Å². The molecular formula is C30H31N3O5. The van der Waals surface area contributed by atoms with Crippen LogP contribution >= 0.6 is 0 Å². The maximum atomic E-state index is 14.2. The average Bonchev–Trinajstić information content (AvgIpc) is 3.18. The van der Waals surface area contributed by atoms with Gasteiger partial charge in [0.25, 0.3) is 0 Å². The Morgan fingerprint density at radius 1 is 0.868 bits per heavy atom. The molecule has 38 heavy (non-hydrogen) atoms. The Labute approximate surface area is 221 Å². The molecule has 3 amide bonds. The molecule has 5 atom stereocenters. The number of carbonyl (C=O) groups excluding carboxylic acids is 3. The van der Waals surface area contributed by atoms with Gasteiger partial charge < -0.3 is 24.5 Å². The summed E-state index contributed by atoms with van der Waals surface area (Å²) in [7, 11) is 0. The van der Waals surface area contributed by atoms with Gasteiger partial charge in [0.05, 0.1) is 24.0 Å². The van der Waals surface area contributed by atoms with Crippen LogP contribution in [0.5, 0.6) is 0 Å². The highest BCUT2D eigenvalue weighted by Gasteiger charge is 2.74. The molecule has 1 unspecified atom stereocenters. The van der Waals surface area contributed by atoms with E-state index in [0.29, 0.717) is 19.6 Å². The summed E-state index contributed by atoms with van der Waals surface area (Å²) in [6.45, 7) is 2.61. The number of aliphatic hydroxyl groups is 1. The predicted molar refractivity (Wildman–Crippen MR) is 141 cm³/mol. The van der Waals surface area contributed by atoms with Gasteiger partial charge in [-0.2, -0.15) is 0 Å². The number of hydrogen-bond acceptors (Lipinski definition) is 5. The SMILES string of the molecule is C[C@@]12C=CCN(c3ccccc3)C(=O)[C@@H]1[C@H]1C(=O)N(CCO)C3C(=O)N(Cc4ccccc4)CC=C[C@@]31O2. The molecule has 2 aromatic carbocycles. The van der Waals surface area contributed by atoms with Crippen molar-refractivity contribution in [3.8, 4) is 0 Å². The first-order valence-electron chi connectivity index (χ1n) is 13.1. The summed E-state index contributed by atoms with van der Waals surface area (Å²) in [6, 6.07) is 18.1. The first kappa shape index (κ1) is 24.6. The summed E-state index contributed by atoms with van der Waals surface area (Å²) < 4.78 is 6.79. The van der Waals surface area contributed by atoms with E-state index in [1.807, 2.05) is 91.9 Å². The van der Waals surface area contributed by atoms with E-state index in [9.17, 15) is 19.5 Å². The molecule has 2 saturated heterocycles. The van der Waals surface area contributed by atoms with Crippen molar-refractivity contribution in [1.29, 1.82) is 0 Å². The molecular weight excluding hydrogens is 482 g/mol. The average molecular weight is 514 g/mol. The fourth-order valence-corrected chi connectivity index (χ4v) is 6.70. The Hall–Kier alpha value is -3.75. The van der Waals surface area contributed by atoms with Crippen LogP contribution in [0.2, 0.25) is 0 Å². The van der Waals surface area contributed by atoms with Gasteiger partial charge >= 0.3 is 0 Å². The van der Waals surface area contributed by atoms with E-state index in [-0.39, 0.29) is 30.9 Å². The Balaban J connectivity index is 1.43. The largest absolute Gasteiger partial charge is 0.395 e.